The van der Waals surface area contributed by atoms with Crippen LogP contribution in [0.1, 0.15) is 25.0 Å². The van der Waals surface area contributed by atoms with Crippen LogP contribution in [0.4, 0.5) is 0 Å². The lowest BCUT2D eigenvalue weighted by atomic mass is 10.1. The Balaban J connectivity index is 2.30. The lowest BCUT2D eigenvalue weighted by Crippen LogP contribution is -2.22. The molecular weight excluding hydrogens is 348 g/mol. The third-order valence-corrected chi connectivity index (χ3v) is 5.18. The van der Waals surface area contributed by atoms with E-state index in [2.05, 4.69) is 10.5 Å². The Morgan fingerprint density at radius 3 is 2.46 bits per heavy atom. The predicted octanol–water partition coefficient (Wildman–Crippen LogP) is 3.45. The van der Waals surface area contributed by atoms with E-state index in [-0.39, 0.29) is 16.7 Å². The number of sulfone groups is 1. The Morgan fingerprint density at radius 2 is 1.88 bits per heavy atom. The Bertz CT molecular complexity index is 831. The van der Waals surface area contributed by atoms with Gasteiger partial charge in [-0.2, -0.15) is 0 Å². The summed E-state index contributed by atoms with van der Waals surface area (Å²) in [7, 11) is -3.48. The minimum atomic E-state index is -3.48. The van der Waals surface area contributed by atoms with Gasteiger partial charge in [-0.1, -0.05) is 29.8 Å². The molecule has 2 aromatic carbocycles. The first-order chi connectivity index (χ1) is 11.3. The van der Waals surface area contributed by atoms with Crippen LogP contribution >= 0.6 is 11.6 Å². The molecule has 0 spiro atoms. The standard InChI is InChI=1S/C17H19ClN2O3S/c1-12(2)19-17(20-21)14-5-3-4-13(10-14)11-24(22,23)16-8-6-15(18)7-9-16/h3-10,12,21H,11H2,1-2H3,(H,19,20). The van der Waals surface area contributed by atoms with Gasteiger partial charge >= 0.3 is 0 Å². The Morgan fingerprint density at radius 1 is 1.21 bits per heavy atom. The van der Waals surface area contributed by atoms with Gasteiger partial charge in [-0.3, -0.25) is 15.7 Å². The topological polar surface area (TPSA) is 78.8 Å². The number of hydroxylamine groups is 1. The van der Waals surface area contributed by atoms with Crippen molar-refractivity contribution in [3.8, 4) is 0 Å². The highest BCUT2D eigenvalue weighted by atomic mass is 35.5. The first-order valence-electron chi connectivity index (χ1n) is 7.37. The fourth-order valence-corrected chi connectivity index (χ4v) is 3.64. The number of amidine groups is 1. The van der Waals surface area contributed by atoms with Crippen LogP contribution in [0.15, 0.2) is 58.4 Å². The highest BCUT2D eigenvalue weighted by Gasteiger charge is 2.16. The molecule has 128 valence electrons. The van der Waals surface area contributed by atoms with Crippen molar-refractivity contribution in [2.45, 2.75) is 30.5 Å². The molecular formula is C17H19ClN2O3S. The predicted molar refractivity (Wildman–Crippen MR) is 95.4 cm³/mol. The summed E-state index contributed by atoms with van der Waals surface area (Å²) in [5.41, 5.74) is 3.29. The molecule has 0 heterocycles. The van der Waals surface area contributed by atoms with Crippen LogP contribution in [0.5, 0.6) is 0 Å². The molecule has 0 saturated heterocycles. The molecule has 0 saturated carbocycles. The normalized spacial score (nSPS) is 12.5. The maximum Gasteiger partial charge on any atom is 0.182 e. The van der Waals surface area contributed by atoms with Crippen molar-refractivity contribution in [1.82, 2.24) is 5.48 Å². The van der Waals surface area contributed by atoms with Gasteiger partial charge in [-0.15, -0.1) is 0 Å². The van der Waals surface area contributed by atoms with Crippen LogP contribution in [-0.4, -0.2) is 25.5 Å². The van der Waals surface area contributed by atoms with Crippen LogP contribution in [-0.2, 0) is 15.6 Å². The van der Waals surface area contributed by atoms with Crippen molar-refractivity contribution in [1.29, 1.82) is 0 Å². The van der Waals surface area contributed by atoms with Gasteiger partial charge in [0.15, 0.2) is 15.7 Å². The number of hydrogen-bond donors (Lipinski definition) is 2. The van der Waals surface area contributed by atoms with Crippen LogP contribution < -0.4 is 5.48 Å². The molecule has 0 fully saturated rings. The fourth-order valence-electron chi connectivity index (χ4n) is 2.18. The van der Waals surface area contributed by atoms with Crippen molar-refractivity contribution in [2.75, 3.05) is 0 Å². The molecule has 5 nitrogen and oxygen atoms in total. The molecule has 2 rings (SSSR count). The number of halogens is 1. The van der Waals surface area contributed by atoms with E-state index >= 15 is 0 Å². The molecule has 0 amide bonds. The Labute approximate surface area is 146 Å². The second-order valence-electron chi connectivity index (χ2n) is 5.60. The zero-order valence-corrected chi connectivity index (χ0v) is 15.0. The molecule has 24 heavy (non-hydrogen) atoms. The number of hydrogen-bond acceptors (Lipinski definition) is 4. The maximum absolute atomic E-state index is 12.5. The van der Waals surface area contributed by atoms with Crippen LogP contribution in [0.3, 0.4) is 0 Å². The van der Waals surface area contributed by atoms with Gasteiger partial charge < -0.3 is 0 Å². The molecule has 2 aromatic rings. The average Bonchev–Trinajstić information content (AvgIpc) is 2.52. The molecule has 7 heteroatoms. The number of nitrogens with one attached hydrogen (secondary N) is 1. The summed E-state index contributed by atoms with van der Waals surface area (Å²) >= 11 is 5.80. The number of aliphatic imine (C=N–C) groups is 1. The third-order valence-electron chi connectivity index (χ3n) is 3.22. The van der Waals surface area contributed by atoms with Gasteiger partial charge in [0.05, 0.1) is 10.6 Å². The summed E-state index contributed by atoms with van der Waals surface area (Å²) < 4.78 is 25.0. The van der Waals surface area contributed by atoms with Gasteiger partial charge in [0.1, 0.15) is 0 Å². The molecule has 0 bridgehead atoms. The van der Waals surface area contributed by atoms with E-state index in [1.165, 1.54) is 12.1 Å². The molecule has 0 aliphatic rings. The second-order valence-corrected chi connectivity index (χ2v) is 8.02. The van der Waals surface area contributed by atoms with Crippen LogP contribution in [0, 0.1) is 0 Å². The summed E-state index contributed by atoms with van der Waals surface area (Å²) in [5.74, 6) is 0.152. The summed E-state index contributed by atoms with van der Waals surface area (Å²) in [6.45, 7) is 3.76. The monoisotopic (exact) mass is 366 g/mol. The Kier molecular flexibility index (Phi) is 5.99. The molecule has 0 atom stereocenters. The van der Waals surface area contributed by atoms with Crippen molar-refractivity contribution in [2.24, 2.45) is 4.99 Å². The van der Waals surface area contributed by atoms with E-state index in [0.717, 1.165) is 0 Å². The van der Waals surface area contributed by atoms with Gasteiger partial charge in [-0.25, -0.2) is 8.42 Å². The lowest BCUT2D eigenvalue weighted by Gasteiger charge is -2.10. The van der Waals surface area contributed by atoms with Crippen molar-refractivity contribution >= 4 is 27.3 Å². The van der Waals surface area contributed by atoms with Gasteiger partial charge in [-0.05, 0) is 49.7 Å². The number of nitrogens with zero attached hydrogens (tertiary/aromatic N) is 1. The first-order valence-corrected chi connectivity index (χ1v) is 9.40. The molecule has 0 aliphatic heterocycles. The molecule has 2 N–H and O–H groups in total. The highest BCUT2D eigenvalue weighted by Crippen LogP contribution is 2.19. The van der Waals surface area contributed by atoms with Crippen LogP contribution in [0.2, 0.25) is 5.02 Å². The summed E-state index contributed by atoms with van der Waals surface area (Å²) in [6.07, 6.45) is 0. The van der Waals surface area contributed by atoms with E-state index in [9.17, 15) is 13.6 Å². The lowest BCUT2D eigenvalue weighted by molar-refractivity contribution is 0.234. The van der Waals surface area contributed by atoms with E-state index in [4.69, 9.17) is 11.6 Å². The van der Waals surface area contributed by atoms with Crippen molar-refractivity contribution in [3.05, 3.63) is 64.7 Å². The average molecular weight is 367 g/mol. The van der Waals surface area contributed by atoms with E-state index < -0.39 is 9.84 Å². The quantitative estimate of drug-likeness (QED) is 0.482. The molecule has 0 aliphatic carbocycles. The maximum atomic E-state index is 12.5. The highest BCUT2D eigenvalue weighted by molar-refractivity contribution is 7.90. The SMILES string of the molecule is CC(C)N=C(NO)c1cccc(CS(=O)(=O)c2ccc(Cl)cc2)c1. The smallest absolute Gasteiger partial charge is 0.182 e. The second kappa shape index (κ2) is 7.79. The zero-order chi connectivity index (χ0) is 17.7. The van der Waals surface area contributed by atoms with E-state index in [0.29, 0.717) is 22.0 Å². The van der Waals surface area contributed by atoms with Crippen molar-refractivity contribution < 1.29 is 13.6 Å². The Hall–Kier alpha value is -1.89. The molecule has 0 aromatic heterocycles. The number of rotatable bonds is 5. The van der Waals surface area contributed by atoms with Gasteiger partial charge in [0, 0.05) is 16.6 Å². The summed E-state index contributed by atoms with van der Waals surface area (Å²) in [4.78, 5) is 4.48. The van der Waals surface area contributed by atoms with E-state index in [1.54, 1.807) is 36.4 Å². The minimum absolute atomic E-state index is 0.0129. The van der Waals surface area contributed by atoms with E-state index in [1.807, 2.05) is 13.8 Å². The van der Waals surface area contributed by atoms with Crippen LogP contribution in [0.25, 0.3) is 0 Å². The van der Waals surface area contributed by atoms with Crippen molar-refractivity contribution in [3.63, 3.8) is 0 Å². The van der Waals surface area contributed by atoms with Gasteiger partial charge in [0.2, 0.25) is 0 Å². The molecule has 0 radical (unpaired) electrons. The summed E-state index contributed by atoms with van der Waals surface area (Å²) in [6, 6.07) is 13.0. The largest absolute Gasteiger partial charge is 0.290 e. The molecule has 0 unspecified atom stereocenters. The fraction of sp³-hybridized carbons (Fsp3) is 0.235. The minimum Gasteiger partial charge on any atom is -0.290 e. The third kappa shape index (κ3) is 4.80. The van der Waals surface area contributed by atoms with Gasteiger partial charge in [0.25, 0.3) is 0 Å². The number of benzene rings is 2. The summed E-state index contributed by atoms with van der Waals surface area (Å²) in [5, 5.41) is 9.73. The first kappa shape index (κ1) is 18.4. The zero-order valence-electron chi connectivity index (χ0n) is 13.4.